The first-order valence-corrected chi connectivity index (χ1v) is 5.45. The highest BCUT2D eigenvalue weighted by Gasteiger charge is 2.25. The summed E-state index contributed by atoms with van der Waals surface area (Å²) < 4.78 is 0. The van der Waals surface area contributed by atoms with E-state index >= 15 is 0 Å². The molecular formula is C9H17Br. The lowest BCUT2D eigenvalue weighted by atomic mass is 9.74. The van der Waals surface area contributed by atoms with Gasteiger partial charge in [-0.15, -0.1) is 0 Å². The molecule has 1 aliphatic carbocycles. The molecule has 0 unspecified atom stereocenters. The van der Waals surface area contributed by atoms with Crippen LogP contribution in [0.5, 0.6) is 0 Å². The van der Waals surface area contributed by atoms with Crippen molar-refractivity contribution in [2.75, 3.05) is 5.33 Å². The minimum Gasteiger partial charge on any atom is -0.0928 e. The molecule has 1 aliphatic rings. The minimum atomic E-state index is 0.682. The maximum Gasteiger partial charge on any atom is 0.00364 e. The van der Waals surface area contributed by atoms with Gasteiger partial charge in [0.1, 0.15) is 0 Å². The van der Waals surface area contributed by atoms with E-state index in [1.807, 2.05) is 0 Å². The molecule has 1 rings (SSSR count). The van der Waals surface area contributed by atoms with Crippen molar-refractivity contribution >= 4 is 15.9 Å². The maximum absolute atomic E-state index is 3.52. The summed E-state index contributed by atoms with van der Waals surface area (Å²) in [4.78, 5) is 0. The van der Waals surface area contributed by atoms with Gasteiger partial charge in [0.2, 0.25) is 0 Å². The molecule has 0 aliphatic heterocycles. The lowest BCUT2D eigenvalue weighted by molar-refractivity contribution is 0.210. The minimum absolute atomic E-state index is 0.682. The number of halogens is 1. The van der Waals surface area contributed by atoms with Crippen molar-refractivity contribution in [2.45, 2.75) is 45.4 Å². The second-order valence-corrected chi connectivity index (χ2v) is 4.60. The lowest BCUT2D eigenvalue weighted by Gasteiger charge is -2.32. The zero-order chi connectivity index (χ0) is 7.45. The Labute approximate surface area is 72.5 Å². The fourth-order valence-corrected chi connectivity index (χ4v) is 2.84. The van der Waals surface area contributed by atoms with Crippen LogP contribution in [0.3, 0.4) is 0 Å². The average Bonchev–Trinajstić information content (AvgIpc) is 1.89. The molecule has 0 saturated heterocycles. The molecule has 10 heavy (non-hydrogen) atoms. The Bertz CT molecular complexity index is 87.4. The molecule has 0 aromatic rings. The van der Waals surface area contributed by atoms with Gasteiger partial charge in [-0.05, 0) is 24.7 Å². The van der Waals surface area contributed by atoms with E-state index in [9.17, 15) is 0 Å². The van der Waals surface area contributed by atoms with Gasteiger partial charge in [0.25, 0.3) is 0 Å². The molecule has 0 radical (unpaired) electrons. The predicted octanol–water partition coefficient (Wildman–Crippen LogP) is 3.74. The van der Waals surface area contributed by atoms with Gasteiger partial charge in [-0.3, -0.25) is 0 Å². The quantitative estimate of drug-likeness (QED) is 0.602. The number of rotatable bonds is 2. The Morgan fingerprint density at radius 3 is 2.30 bits per heavy atom. The Kier molecular flexibility index (Phi) is 3.22. The highest BCUT2D eigenvalue weighted by atomic mass is 79.9. The van der Waals surface area contributed by atoms with Crippen molar-refractivity contribution in [3.63, 3.8) is 0 Å². The average molecular weight is 205 g/mol. The standard InChI is InChI=1S/C9H17Br/c1-9(7-8-10)5-3-2-4-6-9/h2-8H2,1H3. The van der Waals surface area contributed by atoms with Crippen molar-refractivity contribution in [1.29, 1.82) is 0 Å². The normalized spacial score (nSPS) is 24.6. The van der Waals surface area contributed by atoms with E-state index in [0.29, 0.717) is 5.41 Å². The Balaban J connectivity index is 2.32. The summed E-state index contributed by atoms with van der Waals surface area (Å²) in [6, 6.07) is 0. The largest absolute Gasteiger partial charge is 0.0928 e. The lowest BCUT2D eigenvalue weighted by Crippen LogP contribution is -2.20. The molecule has 0 amide bonds. The van der Waals surface area contributed by atoms with Gasteiger partial charge < -0.3 is 0 Å². The summed E-state index contributed by atoms with van der Waals surface area (Å²) in [5.74, 6) is 0. The first-order chi connectivity index (χ1) is 4.77. The van der Waals surface area contributed by atoms with Crippen molar-refractivity contribution in [2.24, 2.45) is 5.41 Å². The number of hydrogen-bond donors (Lipinski definition) is 0. The van der Waals surface area contributed by atoms with Crippen LogP contribution >= 0.6 is 15.9 Å². The number of alkyl halides is 1. The summed E-state index contributed by atoms with van der Waals surface area (Å²) in [7, 11) is 0. The zero-order valence-electron chi connectivity index (χ0n) is 6.83. The van der Waals surface area contributed by atoms with E-state index in [1.54, 1.807) is 0 Å². The van der Waals surface area contributed by atoms with E-state index in [1.165, 1.54) is 43.9 Å². The molecule has 0 atom stereocenters. The third-order valence-corrected chi connectivity index (χ3v) is 3.16. The molecule has 0 heterocycles. The molecule has 1 fully saturated rings. The van der Waals surface area contributed by atoms with Crippen LogP contribution in [0.15, 0.2) is 0 Å². The molecule has 0 bridgehead atoms. The first-order valence-electron chi connectivity index (χ1n) is 4.33. The van der Waals surface area contributed by atoms with Gasteiger partial charge in [0.15, 0.2) is 0 Å². The Morgan fingerprint density at radius 1 is 1.20 bits per heavy atom. The molecule has 60 valence electrons. The van der Waals surface area contributed by atoms with E-state index in [4.69, 9.17) is 0 Å². The Hall–Kier alpha value is 0.480. The topological polar surface area (TPSA) is 0 Å². The first kappa shape index (κ1) is 8.58. The van der Waals surface area contributed by atoms with E-state index in [0.717, 1.165) is 0 Å². The fourth-order valence-electron chi connectivity index (χ4n) is 1.88. The van der Waals surface area contributed by atoms with Crippen LogP contribution < -0.4 is 0 Å². The smallest absolute Gasteiger partial charge is 0.00364 e. The van der Waals surface area contributed by atoms with Crippen LogP contribution in [0.25, 0.3) is 0 Å². The highest BCUT2D eigenvalue weighted by Crippen LogP contribution is 2.38. The second-order valence-electron chi connectivity index (χ2n) is 3.81. The molecule has 0 nitrogen and oxygen atoms in total. The highest BCUT2D eigenvalue weighted by molar-refractivity contribution is 9.09. The number of hydrogen-bond acceptors (Lipinski definition) is 0. The molecule has 0 N–H and O–H groups in total. The van der Waals surface area contributed by atoms with Crippen LogP contribution in [-0.2, 0) is 0 Å². The van der Waals surface area contributed by atoms with Crippen molar-refractivity contribution in [3.8, 4) is 0 Å². The van der Waals surface area contributed by atoms with Crippen LogP contribution in [0.1, 0.15) is 45.4 Å². The molecule has 1 heteroatoms. The van der Waals surface area contributed by atoms with Crippen molar-refractivity contribution in [3.05, 3.63) is 0 Å². The maximum atomic E-state index is 3.52. The monoisotopic (exact) mass is 204 g/mol. The van der Waals surface area contributed by atoms with E-state index < -0.39 is 0 Å². The molecule has 1 saturated carbocycles. The van der Waals surface area contributed by atoms with Gasteiger partial charge in [-0.25, -0.2) is 0 Å². The summed E-state index contributed by atoms with van der Waals surface area (Å²) in [6.45, 7) is 2.44. The fraction of sp³-hybridized carbons (Fsp3) is 1.00. The van der Waals surface area contributed by atoms with E-state index in [2.05, 4.69) is 22.9 Å². The van der Waals surface area contributed by atoms with Gasteiger partial charge in [-0.1, -0.05) is 42.1 Å². The van der Waals surface area contributed by atoms with Crippen LogP contribution in [0.2, 0.25) is 0 Å². The van der Waals surface area contributed by atoms with E-state index in [-0.39, 0.29) is 0 Å². The summed E-state index contributed by atoms with van der Waals surface area (Å²) in [6.07, 6.45) is 8.68. The van der Waals surface area contributed by atoms with Gasteiger partial charge in [0, 0.05) is 5.33 Å². The third-order valence-electron chi connectivity index (χ3n) is 2.76. The molecule has 0 aromatic heterocycles. The molecule has 0 aromatic carbocycles. The molecular weight excluding hydrogens is 188 g/mol. The van der Waals surface area contributed by atoms with Gasteiger partial charge in [-0.2, -0.15) is 0 Å². The van der Waals surface area contributed by atoms with Gasteiger partial charge >= 0.3 is 0 Å². The third kappa shape index (κ3) is 2.26. The SMILES string of the molecule is CC1(CCBr)CCCCC1. The second kappa shape index (κ2) is 3.75. The summed E-state index contributed by atoms with van der Waals surface area (Å²) in [5.41, 5.74) is 0.682. The summed E-state index contributed by atoms with van der Waals surface area (Å²) in [5, 5.41) is 1.18. The Morgan fingerprint density at radius 2 is 1.80 bits per heavy atom. The van der Waals surface area contributed by atoms with Crippen LogP contribution in [-0.4, -0.2) is 5.33 Å². The van der Waals surface area contributed by atoms with Crippen LogP contribution in [0.4, 0.5) is 0 Å². The van der Waals surface area contributed by atoms with Crippen molar-refractivity contribution in [1.82, 2.24) is 0 Å². The summed E-state index contributed by atoms with van der Waals surface area (Å²) >= 11 is 3.52. The van der Waals surface area contributed by atoms with Gasteiger partial charge in [0.05, 0.1) is 0 Å². The molecule has 0 spiro atoms. The van der Waals surface area contributed by atoms with Crippen molar-refractivity contribution < 1.29 is 0 Å². The predicted molar refractivity (Wildman–Crippen MR) is 49.6 cm³/mol. The zero-order valence-corrected chi connectivity index (χ0v) is 8.41. The van der Waals surface area contributed by atoms with Crippen LogP contribution in [0, 0.1) is 5.41 Å².